The van der Waals surface area contributed by atoms with Crippen molar-refractivity contribution < 1.29 is 29.3 Å². The Hall–Kier alpha value is -3.32. The van der Waals surface area contributed by atoms with Crippen molar-refractivity contribution >= 4 is 17.4 Å². The van der Waals surface area contributed by atoms with Gasteiger partial charge in [-0.1, -0.05) is 23.8 Å². The van der Waals surface area contributed by atoms with Gasteiger partial charge in [0, 0.05) is 25.8 Å². The Kier molecular flexibility index (Phi) is 6.65. The number of carbonyl (C=O) groups excluding carboxylic acids is 2. The topological polar surface area (TPSA) is 96.3 Å². The molecule has 1 heterocycles. The Morgan fingerprint density at radius 1 is 1.10 bits per heavy atom. The number of aliphatic hydroxyl groups is 1. The number of phenolic OH excluding ortho intramolecular Hbond substituents is 1. The number of ketones is 1. The van der Waals surface area contributed by atoms with E-state index in [2.05, 4.69) is 0 Å². The molecule has 1 aliphatic heterocycles. The molecule has 2 aromatic carbocycles. The van der Waals surface area contributed by atoms with E-state index in [0.29, 0.717) is 24.2 Å². The zero-order valence-electron chi connectivity index (χ0n) is 18.1. The van der Waals surface area contributed by atoms with Crippen molar-refractivity contribution in [1.82, 2.24) is 4.90 Å². The highest BCUT2D eigenvalue weighted by molar-refractivity contribution is 6.46. The van der Waals surface area contributed by atoms with Crippen molar-refractivity contribution in [2.75, 3.05) is 27.4 Å². The molecule has 1 amide bonds. The Bertz CT molecular complexity index is 1040. The maximum Gasteiger partial charge on any atom is 0.295 e. The third kappa shape index (κ3) is 4.27. The second-order valence-electron chi connectivity index (χ2n) is 7.59. The summed E-state index contributed by atoms with van der Waals surface area (Å²) in [6.07, 6.45) is 0.527. The highest BCUT2D eigenvalue weighted by Gasteiger charge is 2.46. The lowest BCUT2D eigenvalue weighted by atomic mass is 9.93. The Morgan fingerprint density at radius 2 is 1.84 bits per heavy atom. The fraction of sp³-hybridized carbons (Fsp3) is 0.333. The van der Waals surface area contributed by atoms with E-state index in [-0.39, 0.29) is 29.4 Å². The average molecular weight is 425 g/mol. The minimum atomic E-state index is -0.814. The minimum Gasteiger partial charge on any atom is -0.507 e. The third-order valence-electron chi connectivity index (χ3n) is 5.46. The summed E-state index contributed by atoms with van der Waals surface area (Å²) in [5, 5.41) is 21.2. The molecule has 0 aromatic heterocycles. The molecule has 1 saturated heterocycles. The standard InChI is InChI=1S/C24H27NO6/c1-14-6-7-15(2)17(12-14)22(27)20-21(16-8-9-18(26)19(13-16)31-4)25(10-5-11-30-3)24(29)23(20)28/h6-9,12-13,21,26-27H,5,10-11H2,1-4H3/b22-20-. The molecular formula is C24H27NO6. The van der Waals surface area contributed by atoms with Gasteiger partial charge in [0.25, 0.3) is 11.7 Å². The molecule has 0 aliphatic carbocycles. The van der Waals surface area contributed by atoms with Gasteiger partial charge in [-0.05, 0) is 49.6 Å². The molecule has 0 bridgehead atoms. The van der Waals surface area contributed by atoms with Crippen LogP contribution in [0.2, 0.25) is 0 Å². The van der Waals surface area contributed by atoms with Crippen LogP contribution in [0.25, 0.3) is 5.76 Å². The summed E-state index contributed by atoms with van der Waals surface area (Å²) in [4.78, 5) is 27.4. The number of rotatable bonds is 7. The molecule has 0 saturated carbocycles. The summed E-state index contributed by atoms with van der Waals surface area (Å²) in [6, 6.07) is 9.39. The summed E-state index contributed by atoms with van der Waals surface area (Å²) in [5.74, 6) is -1.48. The van der Waals surface area contributed by atoms with E-state index < -0.39 is 17.7 Å². The lowest BCUT2D eigenvalue weighted by Gasteiger charge is -2.26. The largest absolute Gasteiger partial charge is 0.507 e. The van der Waals surface area contributed by atoms with Gasteiger partial charge in [-0.2, -0.15) is 0 Å². The molecule has 3 rings (SSSR count). The molecule has 164 valence electrons. The molecule has 7 heteroatoms. The van der Waals surface area contributed by atoms with Gasteiger partial charge in [0.05, 0.1) is 18.7 Å². The van der Waals surface area contributed by atoms with Crippen molar-refractivity contribution in [3.63, 3.8) is 0 Å². The van der Waals surface area contributed by atoms with Crippen LogP contribution >= 0.6 is 0 Å². The summed E-state index contributed by atoms with van der Waals surface area (Å²) in [7, 11) is 2.99. The van der Waals surface area contributed by atoms with Gasteiger partial charge in [0.1, 0.15) is 5.76 Å². The molecule has 1 fully saturated rings. The summed E-state index contributed by atoms with van der Waals surface area (Å²) in [6.45, 7) is 4.42. The number of aryl methyl sites for hydroxylation is 2. The van der Waals surface area contributed by atoms with Crippen LogP contribution in [0.15, 0.2) is 42.0 Å². The Labute approximate surface area is 181 Å². The van der Waals surface area contributed by atoms with E-state index in [0.717, 1.165) is 11.1 Å². The molecule has 0 spiro atoms. The van der Waals surface area contributed by atoms with E-state index in [1.54, 1.807) is 25.3 Å². The smallest absolute Gasteiger partial charge is 0.295 e. The molecule has 7 nitrogen and oxygen atoms in total. The highest BCUT2D eigenvalue weighted by Crippen LogP contribution is 2.42. The fourth-order valence-electron chi connectivity index (χ4n) is 3.84. The first-order chi connectivity index (χ1) is 14.8. The van der Waals surface area contributed by atoms with E-state index in [9.17, 15) is 19.8 Å². The first-order valence-electron chi connectivity index (χ1n) is 10.0. The van der Waals surface area contributed by atoms with E-state index in [4.69, 9.17) is 9.47 Å². The predicted molar refractivity (Wildman–Crippen MR) is 116 cm³/mol. The summed E-state index contributed by atoms with van der Waals surface area (Å²) < 4.78 is 10.3. The molecule has 1 atom stereocenters. The Morgan fingerprint density at radius 3 is 2.52 bits per heavy atom. The van der Waals surface area contributed by atoms with Crippen molar-refractivity contribution in [2.45, 2.75) is 26.3 Å². The molecule has 1 unspecified atom stereocenters. The molecule has 0 radical (unpaired) electrons. The number of amides is 1. The van der Waals surface area contributed by atoms with Crippen molar-refractivity contribution in [2.24, 2.45) is 0 Å². The molecule has 1 aliphatic rings. The van der Waals surface area contributed by atoms with Crippen LogP contribution in [0.3, 0.4) is 0 Å². The van der Waals surface area contributed by atoms with Gasteiger partial charge in [0.2, 0.25) is 0 Å². The number of hydrogen-bond donors (Lipinski definition) is 2. The van der Waals surface area contributed by atoms with Gasteiger partial charge >= 0.3 is 0 Å². The highest BCUT2D eigenvalue weighted by atomic mass is 16.5. The zero-order valence-corrected chi connectivity index (χ0v) is 18.1. The van der Waals surface area contributed by atoms with Crippen LogP contribution in [0.4, 0.5) is 0 Å². The number of methoxy groups -OCH3 is 2. The summed E-state index contributed by atoms with van der Waals surface area (Å²) >= 11 is 0. The van der Waals surface area contributed by atoms with E-state index >= 15 is 0 Å². The van der Waals surface area contributed by atoms with E-state index in [1.165, 1.54) is 18.1 Å². The number of phenols is 1. The number of aliphatic hydroxyl groups excluding tert-OH is 1. The van der Waals surface area contributed by atoms with Crippen LogP contribution in [0, 0.1) is 13.8 Å². The molecule has 2 aromatic rings. The zero-order chi connectivity index (χ0) is 22.7. The number of aromatic hydroxyl groups is 1. The summed E-state index contributed by atoms with van der Waals surface area (Å²) in [5.41, 5.74) is 2.78. The minimum absolute atomic E-state index is 0.0175. The first kappa shape index (κ1) is 22.4. The van der Waals surface area contributed by atoms with Crippen LogP contribution in [0.5, 0.6) is 11.5 Å². The molecule has 31 heavy (non-hydrogen) atoms. The number of benzene rings is 2. The number of ether oxygens (including phenoxy) is 2. The molecule has 2 N–H and O–H groups in total. The lowest BCUT2D eigenvalue weighted by molar-refractivity contribution is -0.140. The second-order valence-corrected chi connectivity index (χ2v) is 7.59. The van der Waals surface area contributed by atoms with Gasteiger partial charge in [-0.25, -0.2) is 0 Å². The predicted octanol–water partition coefficient (Wildman–Crippen LogP) is 3.48. The lowest BCUT2D eigenvalue weighted by Crippen LogP contribution is -2.31. The quantitative estimate of drug-likeness (QED) is 0.305. The van der Waals surface area contributed by atoms with Crippen molar-refractivity contribution in [1.29, 1.82) is 0 Å². The van der Waals surface area contributed by atoms with Crippen LogP contribution in [0.1, 0.15) is 34.7 Å². The van der Waals surface area contributed by atoms with Crippen LogP contribution in [-0.4, -0.2) is 54.2 Å². The monoisotopic (exact) mass is 425 g/mol. The van der Waals surface area contributed by atoms with Gasteiger partial charge in [-0.15, -0.1) is 0 Å². The van der Waals surface area contributed by atoms with Crippen molar-refractivity contribution in [3.8, 4) is 11.5 Å². The maximum atomic E-state index is 13.0. The maximum absolute atomic E-state index is 13.0. The van der Waals surface area contributed by atoms with Gasteiger partial charge in [0.15, 0.2) is 11.5 Å². The fourth-order valence-corrected chi connectivity index (χ4v) is 3.84. The second kappa shape index (κ2) is 9.22. The first-order valence-corrected chi connectivity index (χ1v) is 10.0. The average Bonchev–Trinajstić information content (AvgIpc) is 3.00. The van der Waals surface area contributed by atoms with Crippen LogP contribution < -0.4 is 4.74 Å². The van der Waals surface area contributed by atoms with Gasteiger partial charge < -0.3 is 24.6 Å². The number of nitrogens with zero attached hydrogens (tertiary/aromatic N) is 1. The number of carbonyl (C=O) groups is 2. The van der Waals surface area contributed by atoms with E-state index in [1.807, 2.05) is 26.0 Å². The number of hydrogen-bond acceptors (Lipinski definition) is 6. The molecular weight excluding hydrogens is 398 g/mol. The van der Waals surface area contributed by atoms with Crippen molar-refractivity contribution in [3.05, 3.63) is 64.2 Å². The SMILES string of the molecule is COCCCN1C(=O)C(=O)/C(=C(\O)c2cc(C)ccc2C)C1c1ccc(O)c(OC)c1. The Balaban J connectivity index is 2.20. The third-order valence-corrected chi connectivity index (χ3v) is 5.46. The number of Topliss-reactive ketones (excluding diaryl/α,β-unsaturated/α-hetero) is 1. The van der Waals surface area contributed by atoms with Crippen LogP contribution in [-0.2, 0) is 14.3 Å². The normalized spacial score (nSPS) is 17.9. The van der Waals surface area contributed by atoms with Gasteiger partial charge in [-0.3, -0.25) is 9.59 Å². The number of likely N-dealkylation sites (tertiary alicyclic amines) is 1.